The molecule has 0 fully saturated rings. The van der Waals surface area contributed by atoms with Gasteiger partial charge in [0, 0.05) is 18.2 Å². The van der Waals surface area contributed by atoms with E-state index in [1.54, 1.807) is 31.2 Å². The standard InChI is InChI=1S/C19H28N2O5/c1-5-25-19(24)21-16(9-13(2)3)11-20-18(23)12-26-17-8-6-7-15(10-17)14(4)22/h6-8,10,13,16H,5,9,11-12H2,1-4H3,(H,20,23)(H,21,24). The average molecular weight is 364 g/mol. The third-order valence-corrected chi connectivity index (χ3v) is 3.51. The first-order valence-corrected chi connectivity index (χ1v) is 8.75. The number of amides is 2. The van der Waals surface area contributed by atoms with Gasteiger partial charge in [0.25, 0.3) is 5.91 Å². The molecule has 0 bridgehead atoms. The van der Waals surface area contributed by atoms with Gasteiger partial charge in [-0.3, -0.25) is 9.59 Å². The van der Waals surface area contributed by atoms with E-state index in [-0.39, 0.29) is 30.9 Å². The van der Waals surface area contributed by atoms with E-state index in [9.17, 15) is 14.4 Å². The van der Waals surface area contributed by atoms with Crippen LogP contribution in [0.1, 0.15) is 44.5 Å². The summed E-state index contributed by atoms with van der Waals surface area (Å²) in [5.41, 5.74) is 0.526. The molecule has 0 aliphatic rings. The number of rotatable bonds is 10. The lowest BCUT2D eigenvalue weighted by Gasteiger charge is -2.20. The molecule has 7 nitrogen and oxygen atoms in total. The summed E-state index contributed by atoms with van der Waals surface area (Å²) in [6.07, 6.45) is 0.213. The Balaban J connectivity index is 2.47. The van der Waals surface area contributed by atoms with Crippen LogP contribution in [0.4, 0.5) is 4.79 Å². The van der Waals surface area contributed by atoms with Crippen molar-refractivity contribution in [3.8, 4) is 5.75 Å². The van der Waals surface area contributed by atoms with Gasteiger partial charge in [-0.1, -0.05) is 26.0 Å². The zero-order valence-electron chi connectivity index (χ0n) is 15.8. The lowest BCUT2D eigenvalue weighted by Crippen LogP contribution is -2.45. The third kappa shape index (κ3) is 8.50. The second-order valence-electron chi connectivity index (χ2n) is 6.37. The van der Waals surface area contributed by atoms with Crippen LogP contribution in [0.5, 0.6) is 5.75 Å². The molecule has 0 saturated heterocycles. The Morgan fingerprint density at radius 3 is 2.54 bits per heavy atom. The van der Waals surface area contributed by atoms with Crippen molar-refractivity contribution in [3.63, 3.8) is 0 Å². The summed E-state index contributed by atoms with van der Waals surface area (Å²) in [6, 6.07) is 6.45. The summed E-state index contributed by atoms with van der Waals surface area (Å²) in [7, 11) is 0. The molecule has 0 aliphatic heterocycles. The van der Waals surface area contributed by atoms with Crippen LogP contribution in [-0.4, -0.2) is 43.6 Å². The number of alkyl carbamates (subject to hydrolysis) is 1. The first-order valence-electron chi connectivity index (χ1n) is 8.75. The molecule has 0 aliphatic carbocycles. The monoisotopic (exact) mass is 364 g/mol. The van der Waals surface area contributed by atoms with Crippen LogP contribution in [0.15, 0.2) is 24.3 Å². The number of carbonyl (C=O) groups excluding carboxylic acids is 3. The minimum absolute atomic E-state index is 0.0681. The largest absolute Gasteiger partial charge is 0.484 e. The van der Waals surface area contributed by atoms with Crippen molar-refractivity contribution in [2.45, 2.75) is 40.2 Å². The maximum absolute atomic E-state index is 12.0. The predicted molar refractivity (Wildman–Crippen MR) is 98.4 cm³/mol. The predicted octanol–water partition coefficient (Wildman–Crippen LogP) is 2.54. The Labute approximate surface area is 154 Å². The van der Waals surface area contributed by atoms with Gasteiger partial charge in [-0.2, -0.15) is 0 Å². The fraction of sp³-hybridized carbons (Fsp3) is 0.526. The summed E-state index contributed by atoms with van der Waals surface area (Å²) < 4.78 is 10.3. The van der Waals surface area contributed by atoms with Crippen molar-refractivity contribution in [3.05, 3.63) is 29.8 Å². The van der Waals surface area contributed by atoms with Gasteiger partial charge >= 0.3 is 6.09 Å². The van der Waals surface area contributed by atoms with Gasteiger partial charge in [0.05, 0.1) is 6.61 Å². The van der Waals surface area contributed by atoms with Gasteiger partial charge in [0.1, 0.15) is 5.75 Å². The fourth-order valence-corrected chi connectivity index (χ4v) is 2.34. The van der Waals surface area contributed by atoms with Crippen molar-refractivity contribution in [1.29, 1.82) is 0 Å². The van der Waals surface area contributed by atoms with Gasteiger partial charge in [-0.05, 0) is 38.3 Å². The van der Waals surface area contributed by atoms with Crippen molar-refractivity contribution in [2.24, 2.45) is 5.92 Å². The van der Waals surface area contributed by atoms with Crippen LogP contribution in [0.25, 0.3) is 0 Å². The Bertz CT molecular complexity index is 616. The van der Waals surface area contributed by atoms with E-state index >= 15 is 0 Å². The maximum Gasteiger partial charge on any atom is 0.407 e. The molecular formula is C19H28N2O5. The smallest absolute Gasteiger partial charge is 0.407 e. The SMILES string of the molecule is CCOC(=O)NC(CNC(=O)COc1cccc(C(C)=O)c1)CC(C)C. The summed E-state index contributed by atoms with van der Waals surface area (Å²) in [5, 5.41) is 5.49. The summed E-state index contributed by atoms with van der Waals surface area (Å²) >= 11 is 0. The Morgan fingerprint density at radius 1 is 1.19 bits per heavy atom. The number of hydrogen-bond donors (Lipinski definition) is 2. The molecule has 0 aromatic heterocycles. The second-order valence-corrected chi connectivity index (χ2v) is 6.37. The normalized spacial score (nSPS) is 11.6. The maximum atomic E-state index is 12.0. The lowest BCUT2D eigenvalue weighted by molar-refractivity contribution is -0.123. The molecule has 2 N–H and O–H groups in total. The highest BCUT2D eigenvalue weighted by Crippen LogP contribution is 2.13. The lowest BCUT2D eigenvalue weighted by atomic mass is 10.0. The first-order chi connectivity index (χ1) is 12.3. The van der Waals surface area contributed by atoms with Crippen LogP contribution >= 0.6 is 0 Å². The molecule has 1 unspecified atom stereocenters. The highest BCUT2D eigenvalue weighted by atomic mass is 16.5. The molecule has 0 saturated carbocycles. The first kappa shape index (κ1) is 21.5. The van der Waals surface area contributed by atoms with Gasteiger partial charge in [-0.25, -0.2) is 4.79 Å². The Morgan fingerprint density at radius 2 is 1.92 bits per heavy atom. The van der Waals surface area contributed by atoms with Crippen LogP contribution < -0.4 is 15.4 Å². The number of benzene rings is 1. The molecule has 1 aromatic carbocycles. The van der Waals surface area contributed by atoms with E-state index in [1.807, 2.05) is 13.8 Å². The van der Waals surface area contributed by atoms with Gasteiger partial charge in [0.2, 0.25) is 0 Å². The number of ketones is 1. The highest BCUT2D eigenvalue weighted by molar-refractivity contribution is 5.94. The van der Waals surface area contributed by atoms with E-state index in [2.05, 4.69) is 10.6 Å². The molecule has 1 atom stereocenters. The van der Waals surface area contributed by atoms with Crippen LogP contribution in [0, 0.1) is 5.92 Å². The van der Waals surface area contributed by atoms with Crippen molar-refractivity contribution < 1.29 is 23.9 Å². The molecule has 1 aromatic rings. The van der Waals surface area contributed by atoms with Crippen molar-refractivity contribution in [1.82, 2.24) is 10.6 Å². The van der Waals surface area contributed by atoms with Crippen LogP contribution in [-0.2, 0) is 9.53 Å². The van der Waals surface area contributed by atoms with E-state index in [1.165, 1.54) is 6.92 Å². The number of Topliss-reactive ketones (excluding diaryl/α,β-unsaturated/α-hetero) is 1. The quantitative estimate of drug-likeness (QED) is 0.622. The molecule has 0 spiro atoms. The topological polar surface area (TPSA) is 93.7 Å². The summed E-state index contributed by atoms with van der Waals surface area (Å²) in [4.78, 5) is 34.9. The third-order valence-electron chi connectivity index (χ3n) is 3.51. The van der Waals surface area contributed by atoms with Crippen LogP contribution in [0.2, 0.25) is 0 Å². The van der Waals surface area contributed by atoms with Gasteiger partial charge in [0.15, 0.2) is 12.4 Å². The van der Waals surface area contributed by atoms with E-state index in [0.717, 1.165) is 0 Å². The fourth-order valence-electron chi connectivity index (χ4n) is 2.34. The molecule has 0 radical (unpaired) electrons. The van der Waals surface area contributed by atoms with Crippen molar-refractivity contribution >= 4 is 17.8 Å². The van der Waals surface area contributed by atoms with Gasteiger partial charge in [-0.15, -0.1) is 0 Å². The molecule has 0 heterocycles. The molecule has 26 heavy (non-hydrogen) atoms. The molecule has 7 heteroatoms. The zero-order chi connectivity index (χ0) is 19.5. The minimum Gasteiger partial charge on any atom is -0.484 e. The molecule has 144 valence electrons. The van der Waals surface area contributed by atoms with E-state index < -0.39 is 6.09 Å². The second kappa shape index (κ2) is 11.1. The van der Waals surface area contributed by atoms with E-state index in [0.29, 0.717) is 30.3 Å². The number of ether oxygens (including phenoxy) is 2. The molecule has 2 amide bonds. The number of nitrogens with one attached hydrogen (secondary N) is 2. The molecular weight excluding hydrogens is 336 g/mol. The Hall–Kier alpha value is -2.57. The summed E-state index contributed by atoms with van der Waals surface area (Å²) in [5.74, 6) is 0.430. The van der Waals surface area contributed by atoms with Crippen molar-refractivity contribution in [2.75, 3.05) is 19.8 Å². The number of carbonyl (C=O) groups is 3. The Kier molecular flexibility index (Phi) is 9.19. The zero-order valence-corrected chi connectivity index (χ0v) is 15.8. The minimum atomic E-state index is -0.496. The average Bonchev–Trinajstić information content (AvgIpc) is 2.57. The van der Waals surface area contributed by atoms with E-state index in [4.69, 9.17) is 9.47 Å². The summed E-state index contributed by atoms with van der Waals surface area (Å²) in [6.45, 7) is 7.68. The molecule has 1 rings (SSSR count). The van der Waals surface area contributed by atoms with Crippen LogP contribution in [0.3, 0.4) is 0 Å². The van der Waals surface area contributed by atoms with Gasteiger partial charge < -0.3 is 20.1 Å². The highest BCUT2D eigenvalue weighted by Gasteiger charge is 2.16. The number of hydrogen-bond acceptors (Lipinski definition) is 5.